The molecule has 12 heteroatoms. The Morgan fingerprint density at radius 2 is 1.79 bits per heavy atom. The van der Waals surface area contributed by atoms with Crippen molar-refractivity contribution >= 4 is 63.4 Å². The molecule has 0 spiro atoms. The third-order valence-electron chi connectivity index (χ3n) is 3.93. The summed E-state index contributed by atoms with van der Waals surface area (Å²) in [7, 11) is 0. The van der Waals surface area contributed by atoms with Crippen LogP contribution >= 0.6 is 23.5 Å². The molecule has 0 aliphatic carbocycles. The maximum absolute atomic E-state index is 12.5. The van der Waals surface area contributed by atoms with Crippen molar-refractivity contribution in [2.75, 3.05) is 18.5 Å². The number of hydrogen-bond acceptors (Lipinski definition) is 9. The standard InChI is InChI=1S/C17H15N3O7S2/c1-2-27-15(24)8-3-5-9(6-4-8)18-10(21)7-20-14(23)12(29-17(20)26)11-13(22)19-16(25)28-11/h3-6,11-12H,2,7H2,1H3,(H,18,21)(H,19,22,25)/t11-,12+/m0/s1. The van der Waals surface area contributed by atoms with Crippen molar-refractivity contribution in [1.29, 1.82) is 0 Å². The van der Waals surface area contributed by atoms with E-state index in [9.17, 15) is 28.8 Å². The molecular weight excluding hydrogens is 422 g/mol. The summed E-state index contributed by atoms with van der Waals surface area (Å²) in [6.07, 6.45) is 0. The third-order valence-corrected chi connectivity index (χ3v) is 6.31. The van der Waals surface area contributed by atoms with Crippen LogP contribution in [0.15, 0.2) is 24.3 Å². The maximum atomic E-state index is 12.5. The lowest BCUT2D eigenvalue weighted by atomic mass is 10.2. The summed E-state index contributed by atoms with van der Waals surface area (Å²) < 4.78 is 4.87. The molecule has 2 N–H and O–H groups in total. The highest BCUT2D eigenvalue weighted by Gasteiger charge is 2.50. The molecule has 2 aliphatic rings. The lowest BCUT2D eigenvalue weighted by Gasteiger charge is -2.15. The first-order valence-corrected chi connectivity index (χ1v) is 10.2. The van der Waals surface area contributed by atoms with Crippen molar-refractivity contribution in [2.24, 2.45) is 0 Å². The van der Waals surface area contributed by atoms with Gasteiger partial charge in [0, 0.05) is 5.69 Å². The van der Waals surface area contributed by atoms with Crippen LogP contribution in [0, 0.1) is 0 Å². The fourth-order valence-electron chi connectivity index (χ4n) is 2.62. The summed E-state index contributed by atoms with van der Waals surface area (Å²) in [5.41, 5.74) is 0.679. The molecule has 1 aromatic rings. The van der Waals surface area contributed by atoms with Gasteiger partial charge in [0.2, 0.25) is 17.7 Å². The molecule has 2 fully saturated rings. The van der Waals surface area contributed by atoms with Crippen molar-refractivity contribution in [3.63, 3.8) is 0 Å². The normalized spacial score (nSPS) is 21.3. The predicted molar refractivity (Wildman–Crippen MR) is 104 cm³/mol. The van der Waals surface area contributed by atoms with E-state index >= 15 is 0 Å². The molecule has 29 heavy (non-hydrogen) atoms. The van der Waals surface area contributed by atoms with Crippen molar-refractivity contribution in [3.05, 3.63) is 29.8 Å². The summed E-state index contributed by atoms with van der Waals surface area (Å²) in [6, 6.07) is 5.91. The second-order valence-electron chi connectivity index (χ2n) is 5.89. The minimum Gasteiger partial charge on any atom is -0.462 e. The number of imide groups is 2. The highest BCUT2D eigenvalue weighted by Crippen LogP contribution is 2.36. The van der Waals surface area contributed by atoms with Crippen molar-refractivity contribution < 1.29 is 33.5 Å². The van der Waals surface area contributed by atoms with Gasteiger partial charge >= 0.3 is 5.97 Å². The van der Waals surface area contributed by atoms with Crippen LogP contribution in [0.5, 0.6) is 0 Å². The van der Waals surface area contributed by atoms with Gasteiger partial charge in [0.05, 0.1) is 12.2 Å². The van der Waals surface area contributed by atoms with Crippen LogP contribution in [0.1, 0.15) is 17.3 Å². The number of esters is 1. The first-order valence-electron chi connectivity index (χ1n) is 8.40. The zero-order valence-corrected chi connectivity index (χ0v) is 16.6. The zero-order valence-electron chi connectivity index (χ0n) is 15.0. The van der Waals surface area contributed by atoms with Gasteiger partial charge in [0.1, 0.15) is 17.0 Å². The Balaban J connectivity index is 1.59. The second kappa shape index (κ2) is 8.66. The van der Waals surface area contributed by atoms with Gasteiger partial charge in [-0.2, -0.15) is 0 Å². The molecule has 1 aromatic carbocycles. The monoisotopic (exact) mass is 437 g/mol. The SMILES string of the molecule is CCOC(=O)c1ccc(NC(=O)CN2C(=O)S[C@H]([C@@H]3SC(=O)NC3=O)C2=O)cc1. The number of ether oxygens (including phenoxy) is 1. The van der Waals surface area contributed by atoms with Gasteiger partial charge in [-0.3, -0.25) is 34.2 Å². The molecule has 2 saturated heterocycles. The van der Waals surface area contributed by atoms with Crippen molar-refractivity contribution in [1.82, 2.24) is 10.2 Å². The highest BCUT2D eigenvalue weighted by atomic mass is 32.2. The fourth-order valence-corrected chi connectivity index (χ4v) is 4.72. The lowest BCUT2D eigenvalue weighted by molar-refractivity contribution is -0.131. The van der Waals surface area contributed by atoms with Gasteiger partial charge in [-0.15, -0.1) is 0 Å². The fraction of sp³-hybridized carbons (Fsp3) is 0.294. The molecule has 10 nitrogen and oxygen atoms in total. The van der Waals surface area contributed by atoms with E-state index in [-0.39, 0.29) is 6.61 Å². The number of anilines is 1. The van der Waals surface area contributed by atoms with E-state index < -0.39 is 51.2 Å². The maximum Gasteiger partial charge on any atom is 0.338 e. The van der Waals surface area contributed by atoms with E-state index in [0.29, 0.717) is 34.8 Å². The molecule has 0 aromatic heterocycles. The van der Waals surface area contributed by atoms with E-state index in [1.165, 1.54) is 24.3 Å². The van der Waals surface area contributed by atoms with Crippen LogP contribution in [-0.2, 0) is 19.1 Å². The highest BCUT2D eigenvalue weighted by molar-refractivity contribution is 8.19. The number of benzene rings is 1. The topological polar surface area (TPSA) is 139 Å². The van der Waals surface area contributed by atoms with Crippen LogP contribution in [0.25, 0.3) is 0 Å². The Bertz CT molecular complexity index is 903. The van der Waals surface area contributed by atoms with E-state index in [2.05, 4.69) is 10.6 Å². The summed E-state index contributed by atoms with van der Waals surface area (Å²) in [5.74, 6) is -2.45. The Hall–Kier alpha value is -2.86. The Labute approximate surface area is 173 Å². The van der Waals surface area contributed by atoms with Gasteiger partial charge < -0.3 is 10.1 Å². The van der Waals surface area contributed by atoms with E-state index in [1.54, 1.807) is 6.92 Å². The second-order valence-corrected chi connectivity index (χ2v) is 8.10. The minimum absolute atomic E-state index is 0.239. The van der Waals surface area contributed by atoms with Gasteiger partial charge in [0.15, 0.2) is 0 Å². The minimum atomic E-state index is -1.06. The summed E-state index contributed by atoms with van der Waals surface area (Å²) in [5, 5.41) is 1.28. The predicted octanol–water partition coefficient (Wildman–Crippen LogP) is 1.22. The summed E-state index contributed by atoms with van der Waals surface area (Å²) in [4.78, 5) is 72.2. The Morgan fingerprint density at radius 3 is 2.38 bits per heavy atom. The number of rotatable bonds is 6. The van der Waals surface area contributed by atoms with Crippen LogP contribution in [0.4, 0.5) is 15.3 Å². The van der Waals surface area contributed by atoms with Crippen molar-refractivity contribution in [2.45, 2.75) is 17.4 Å². The van der Waals surface area contributed by atoms with E-state index in [4.69, 9.17) is 4.74 Å². The van der Waals surface area contributed by atoms with Gasteiger partial charge in [-0.05, 0) is 54.7 Å². The number of hydrogen-bond donors (Lipinski definition) is 2. The van der Waals surface area contributed by atoms with Gasteiger partial charge in [-0.25, -0.2) is 4.79 Å². The number of carbonyl (C=O) groups is 6. The molecule has 152 valence electrons. The first kappa shape index (κ1) is 20.9. The molecule has 0 saturated carbocycles. The number of thioether (sulfide) groups is 2. The molecule has 0 unspecified atom stereocenters. The summed E-state index contributed by atoms with van der Waals surface area (Å²) >= 11 is 1.26. The van der Waals surface area contributed by atoms with Crippen LogP contribution in [-0.4, -0.2) is 62.7 Å². The third kappa shape index (κ3) is 4.59. The molecule has 2 heterocycles. The van der Waals surface area contributed by atoms with E-state index in [1.807, 2.05) is 0 Å². The van der Waals surface area contributed by atoms with Gasteiger partial charge in [-0.1, -0.05) is 0 Å². The average Bonchev–Trinajstić information content (AvgIpc) is 3.14. The van der Waals surface area contributed by atoms with Crippen LogP contribution in [0.3, 0.4) is 0 Å². The first-order chi connectivity index (χ1) is 13.8. The average molecular weight is 437 g/mol. The Morgan fingerprint density at radius 1 is 1.10 bits per heavy atom. The molecule has 0 radical (unpaired) electrons. The van der Waals surface area contributed by atoms with Crippen LogP contribution in [0.2, 0.25) is 0 Å². The van der Waals surface area contributed by atoms with Gasteiger partial charge in [0.25, 0.3) is 10.5 Å². The van der Waals surface area contributed by atoms with E-state index in [0.717, 1.165) is 4.90 Å². The lowest BCUT2D eigenvalue weighted by Crippen LogP contribution is -2.42. The number of nitrogens with zero attached hydrogens (tertiary/aromatic N) is 1. The summed E-state index contributed by atoms with van der Waals surface area (Å²) in [6.45, 7) is 1.39. The molecular formula is C17H15N3O7S2. The molecule has 3 rings (SSSR count). The molecule has 2 atom stereocenters. The number of amides is 5. The van der Waals surface area contributed by atoms with Crippen molar-refractivity contribution in [3.8, 4) is 0 Å². The smallest absolute Gasteiger partial charge is 0.338 e. The largest absolute Gasteiger partial charge is 0.462 e. The number of nitrogens with one attached hydrogen (secondary N) is 2. The zero-order chi connectivity index (χ0) is 21.1. The number of carbonyl (C=O) groups excluding carboxylic acids is 6. The quantitative estimate of drug-likeness (QED) is 0.629. The molecule has 5 amide bonds. The molecule has 2 aliphatic heterocycles. The Kier molecular flexibility index (Phi) is 6.23. The molecule has 0 bridgehead atoms. The van der Waals surface area contributed by atoms with Crippen LogP contribution < -0.4 is 10.6 Å².